The molecule has 2 unspecified atom stereocenters. The molecular formula is C18H21ClF3N3O3. The van der Waals surface area contributed by atoms with Gasteiger partial charge in [0.25, 0.3) is 0 Å². The van der Waals surface area contributed by atoms with Gasteiger partial charge in [-0.05, 0) is 24.1 Å². The molecule has 28 heavy (non-hydrogen) atoms. The maximum Gasteiger partial charge on any atom is 0.573 e. The molecule has 2 aromatic rings. The van der Waals surface area contributed by atoms with Gasteiger partial charge in [0.2, 0.25) is 12.3 Å². The molecule has 0 spiro atoms. The van der Waals surface area contributed by atoms with E-state index in [2.05, 4.69) is 14.9 Å². The number of aromatic nitrogens is 2. The molecule has 10 heteroatoms. The van der Waals surface area contributed by atoms with E-state index in [0.29, 0.717) is 31.2 Å². The van der Waals surface area contributed by atoms with Crippen molar-refractivity contribution in [1.29, 1.82) is 0 Å². The van der Waals surface area contributed by atoms with E-state index in [0.717, 1.165) is 12.0 Å². The molecule has 0 N–H and O–H groups in total. The normalized spacial score (nSPS) is 20.0. The van der Waals surface area contributed by atoms with Crippen LogP contribution < -0.4 is 4.74 Å². The topological polar surface area (TPSA) is 68.5 Å². The number of rotatable bonds is 5. The van der Waals surface area contributed by atoms with E-state index in [1.807, 2.05) is 13.8 Å². The molecular weight excluding hydrogens is 399 g/mol. The van der Waals surface area contributed by atoms with E-state index in [1.165, 1.54) is 12.1 Å². The van der Waals surface area contributed by atoms with Gasteiger partial charge in [-0.1, -0.05) is 31.1 Å². The van der Waals surface area contributed by atoms with Crippen LogP contribution in [0.4, 0.5) is 13.2 Å². The molecule has 2 atom stereocenters. The lowest BCUT2D eigenvalue weighted by atomic mass is 9.84. The van der Waals surface area contributed by atoms with Crippen LogP contribution in [0.15, 0.2) is 28.8 Å². The minimum Gasteiger partial charge on any atom is -0.406 e. The number of carbonyl (C=O) groups excluding carboxylic acids is 1. The van der Waals surface area contributed by atoms with E-state index in [4.69, 9.17) is 4.52 Å². The maximum absolute atomic E-state index is 12.3. The number of hydrogen-bond donors (Lipinski definition) is 0. The van der Waals surface area contributed by atoms with E-state index >= 15 is 0 Å². The van der Waals surface area contributed by atoms with Gasteiger partial charge >= 0.3 is 6.36 Å². The van der Waals surface area contributed by atoms with Gasteiger partial charge in [-0.2, -0.15) is 4.98 Å². The molecule has 0 bridgehead atoms. The van der Waals surface area contributed by atoms with Crippen LogP contribution in [0.3, 0.4) is 0 Å². The van der Waals surface area contributed by atoms with E-state index < -0.39 is 6.36 Å². The zero-order chi connectivity index (χ0) is 19.6. The summed E-state index contributed by atoms with van der Waals surface area (Å²) in [6, 6.07) is 5.73. The number of ether oxygens (including phenoxy) is 1. The van der Waals surface area contributed by atoms with Crippen LogP contribution in [-0.2, 0) is 4.79 Å². The van der Waals surface area contributed by atoms with Crippen LogP contribution in [0.5, 0.6) is 5.75 Å². The molecule has 1 fully saturated rings. The van der Waals surface area contributed by atoms with Crippen LogP contribution in [0.1, 0.15) is 55.3 Å². The van der Waals surface area contributed by atoms with Crippen LogP contribution in [0.2, 0.25) is 0 Å². The van der Waals surface area contributed by atoms with Crippen molar-refractivity contribution in [2.24, 2.45) is 0 Å². The van der Waals surface area contributed by atoms with Crippen LogP contribution in [-0.4, -0.2) is 40.9 Å². The van der Waals surface area contributed by atoms with Gasteiger partial charge in [0.15, 0.2) is 5.82 Å². The first-order valence-electron chi connectivity index (χ1n) is 8.63. The van der Waals surface area contributed by atoms with Crippen molar-refractivity contribution in [3.05, 3.63) is 41.5 Å². The van der Waals surface area contributed by atoms with Gasteiger partial charge in [0.1, 0.15) is 5.75 Å². The Morgan fingerprint density at radius 1 is 1.21 bits per heavy atom. The Morgan fingerprint density at radius 2 is 1.86 bits per heavy atom. The van der Waals surface area contributed by atoms with Gasteiger partial charge in [-0.15, -0.1) is 25.6 Å². The third-order valence-electron chi connectivity index (χ3n) is 4.54. The van der Waals surface area contributed by atoms with Crippen LogP contribution >= 0.6 is 12.4 Å². The predicted octanol–water partition coefficient (Wildman–Crippen LogP) is 4.24. The standard InChI is InChI=1S/C18H20F3N3O3.ClH/c1-11(2)16-22-17(27-23-16)14-7-13(8-24(9-14)10-25)12-3-5-15(6-4-12)26-18(19,20)21;/h3-6,10-11,13-14H,7-9H2,1-2H3;1H. The Hall–Kier alpha value is -2.29. The zero-order valence-electron chi connectivity index (χ0n) is 15.3. The Labute approximate surface area is 166 Å². The number of hydrogen-bond acceptors (Lipinski definition) is 5. The number of likely N-dealkylation sites (tertiary alicyclic amines) is 1. The first-order chi connectivity index (χ1) is 12.7. The Balaban J connectivity index is 0.00000280. The summed E-state index contributed by atoms with van der Waals surface area (Å²) in [6.07, 6.45) is -3.30. The molecule has 154 valence electrons. The summed E-state index contributed by atoms with van der Waals surface area (Å²) in [7, 11) is 0. The number of amides is 1. The molecule has 1 aliphatic rings. The summed E-state index contributed by atoms with van der Waals surface area (Å²) in [5.41, 5.74) is 0.824. The van der Waals surface area contributed by atoms with Crippen molar-refractivity contribution in [3.63, 3.8) is 0 Å². The SMILES string of the molecule is CC(C)c1noc(C2CC(c3ccc(OC(F)(F)F)cc3)CN(C=O)C2)n1.Cl. The third kappa shape index (κ3) is 5.37. The Bertz CT molecular complexity index is 780. The molecule has 0 saturated carbocycles. The molecule has 1 aromatic heterocycles. The summed E-state index contributed by atoms with van der Waals surface area (Å²) in [5.74, 6) is 0.767. The lowest BCUT2D eigenvalue weighted by Gasteiger charge is -2.34. The maximum atomic E-state index is 12.3. The second-order valence-corrected chi connectivity index (χ2v) is 6.95. The first-order valence-corrected chi connectivity index (χ1v) is 8.63. The second-order valence-electron chi connectivity index (χ2n) is 6.95. The van der Waals surface area contributed by atoms with E-state index in [-0.39, 0.29) is 35.9 Å². The summed E-state index contributed by atoms with van der Waals surface area (Å²) < 4.78 is 46.2. The fourth-order valence-corrected chi connectivity index (χ4v) is 3.23. The molecule has 1 aliphatic heterocycles. The van der Waals surface area contributed by atoms with Crippen molar-refractivity contribution in [2.75, 3.05) is 13.1 Å². The monoisotopic (exact) mass is 419 g/mol. The average molecular weight is 420 g/mol. The van der Waals surface area contributed by atoms with E-state index in [9.17, 15) is 18.0 Å². The second kappa shape index (κ2) is 8.81. The molecule has 1 saturated heterocycles. The summed E-state index contributed by atoms with van der Waals surface area (Å²) in [6.45, 7) is 4.86. The van der Waals surface area contributed by atoms with Crippen LogP contribution in [0, 0.1) is 0 Å². The largest absolute Gasteiger partial charge is 0.573 e. The lowest BCUT2D eigenvalue weighted by molar-refractivity contribution is -0.274. The third-order valence-corrected chi connectivity index (χ3v) is 4.54. The van der Waals surface area contributed by atoms with Crippen LogP contribution in [0.25, 0.3) is 0 Å². The first kappa shape index (κ1) is 22.0. The van der Waals surface area contributed by atoms with Gasteiger partial charge < -0.3 is 14.2 Å². The number of alkyl halides is 3. The molecule has 0 aliphatic carbocycles. The van der Waals surface area contributed by atoms with E-state index in [1.54, 1.807) is 17.0 Å². The molecule has 1 aromatic carbocycles. The number of carbonyl (C=O) groups is 1. The van der Waals surface area contributed by atoms with Crippen molar-refractivity contribution in [2.45, 2.75) is 44.4 Å². The Morgan fingerprint density at radius 3 is 2.39 bits per heavy atom. The van der Waals surface area contributed by atoms with Crippen molar-refractivity contribution in [1.82, 2.24) is 15.0 Å². The fourth-order valence-electron chi connectivity index (χ4n) is 3.23. The number of piperidine rings is 1. The van der Waals surface area contributed by atoms with Crippen molar-refractivity contribution >= 4 is 18.8 Å². The highest BCUT2D eigenvalue weighted by atomic mass is 35.5. The number of nitrogens with zero attached hydrogens (tertiary/aromatic N) is 3. The quantitative estimate of drug-likeness (QED) is 0.678. The summed E-state index contributed by atoms with van der Waals surface area (Å²) in [4.78, 5) is 17.4. The highest BCUT2D eigenvalue weighted by Crippen LogP contribution is 2.36. The Kier molecular flexibility index (Phi) is 6.92. The molecule has 3 rings (SSSR count). The fraction of sp³-hybridized carbons (Fsp3) is 0.500. The van der Waals surface area contributed by atoms with Gasteiger partial charge in [-0.25, -0.2) is 0 Å². The zero-order valence-corrected chi connectivity index (χ0v) is 16.2. The molecule has 0 radical (unpaired) electrons. The predicted molar refractivity (Wildman–Crippen MR) is 96.5 cm³/mol. The van der Waals surface area contributed by atoms with Crippen molar-refractivity contribution < 1.29 is 27.2 Å². The molecule has 1 amide bonds. The van der Waals surface area contributed by atoms with Gasteiger partial charge in [-0.3, -0.25) is 4.79 Å². The molecule has 6 nitrogen and oxygen atoms in total. The minimum absolute atomic E-state index is 0. The number of benzene rings is 1. The van der Waals surface area contributed by atoms with Gasteiger partial charge in [0, 0.05) is 24.9 Å². The lowest BCUT2D eigenvalue weighted by Crippen LogP contribution is -2.37. The summed E-state index contributed by atoms with van der Waals surface area (Å²) >= 11 is 0. The average Bonchev–Trinajstić information content (AvgIpc) is 3.11. The highest BCUT2D eigenvalue weighted by Gasteiger charge is 2.33. The molecule has 2 heterocycles. The highest BCUT2D eigenvalue weighted by molar-refractivity contribution is 5.85. The summed E-state index contributed by atoms with van der Waals surface area (Å²) in [5, 5.41) is 3.97. The van der Waals surface area contributed by atoms with Crippen molar-refractivity contribution in [3.8, 4) is 5.75 Å². The van der Waals surface area contributed by atoms with Gasteiger partial charge in [0.05, 0.1) is 5.92 Å². The minimum atomic E-state index is -4.72. The number of halogens is 4. The smallest absolute Gasteiger partial charge is 0.406 e.